The molecule has 0 aliphatic carbocycles. The van der Waals surface area contributed by atoms with Gasteiger partial charge in [-0.2, -0.15) is 0 Å². The van der Waals surface area contributed by atoms with Gasteiger partial charge in [0.15, 0.2) is 11.6 Å². The Hall–Kier alpha value is -2.70. The molecule has 0 radical (unpaired) electrons. The van der Waals surface area contributed by atoms with Gasteiger partial charge < -0.3 is 15.4 Å². The zero-order valence-corrected chi connectivity index (χ0v) is 12.1. The summed E-state index contributed by atoms with van der Waals surface area (Å²) in [6, 6.07) is 8.81. The smallest absolute Gasteiger partial charge is 0.315 e. The third-order valence-corrected chi connectivity index (χ3v) is 2.94. The molecule has 2 amide bonds. The van der Waals surface area contributed by atoms with Crippen LogP contribution in [0.2, 0.25) is 0 Å². The number of halogens is 3. The van der Waals surface area contributed by atoms with Gasteiger partial charge in [-0.25, -0.2) is 18.0 Å². The van der Waals surface area contributed by atoms with E-state index in [1.54, 1.807) is 18.2 Å². The zero-order valence-electron chi connectivity index (χ0n) is 12.1. The van der Waals surface area contributed by atoms with Gasteiger partial charge in [0.2, 0.25) is 0 Å². The fourth-order valence-corrected chi connectivity index (χ4v) is 1.78. The van der Waals surface area contributed by atoms with Crippen molar-refractivity contribution in [2.45, 2.75) is 6.54 Å². The first kappa shape index (κ1) is 16.7. The van der Waals surface area contributed by atoms with E-state index in [9.17, 15) is 18.0 Å². The molecule has 0 aliphatic heterocycles. The minimum atomic E-state index is -1.00. The van der Waals surface area contributed by atoms with Crippen molar-refractivity contribution in [3.63, 3.8) is 0 Å². The van der Waals surface area contributed by atoms with Crippen molar-refractivity contribution in [2.24, 2.45) is 0 Å². The summed E-state index contributed by atoms with van der Waals surface area (Å²) in [6.07, 6.45) is 0. The fourth-order valence-electron chi connectivity index (χ4n) is 1.78. The monoisotopic (exact) mass is 324 g/mol. The maximum absolute atomic E-state index is 13.3. The lowest BCUT2D eigenvalue weighted by atomic mass is 10.2. The van der Waals surface area contributed by atoms with Gasteiger partial charge in [-0.3, -0.25) is 0 Å². The minimum Gasteiger partial charge on any atom is -0.492 e. The van der Waals surface area contributed by atoms with Gasteiger partial charge in [0.1, 0.15) is 18.2 Å². The van der Waals surface area contributed by atoms with Gasteiger partial charge >= 0.3 is 6.03 Å². The number of hydrogen-bond acceptors (Lipinski definition) is 2. The molecule has 0 heterocycles. The van der Waals surface area contributed by atoms with Gasteiger partial charge in [-0.05, 0) is 18.2 Å². The van der Waals surface area contributed by atoms with Crippen LogP contribution in [0.1, 0.15) is 5.56 Å². The molecule has 2 rings (SSSR count). The van der Waals surface area contributed by atoms with Crippen LogP contribution in [0.15, 0.2) is 42.5 Å². The van der Waals surface area contributed by atoms with Gasteiger partial charge in [-0.1, -0.05) is 18.2 Å². The molecule has 4 nitrogen and oxygen atoms in total. The second kappa shape index (κ2) is 8.07. The Morgan fingerprint density at radius 1 is 0.957 bits per heavy atom. The van der Waals surface area contributed by atoms with Crippen molar-refractivity contribution < 1.29 is 22.7 Å². The van der Waals surface area contributed by atoms with Crippen LogP contribution in [-0.4, -0.2) is 19.2 Å². The van der Waals surface area contributed by atoms with E-state index in [0.29, 0.717) is 5.56 Å². The first-order valence-corrected chi connectivity index (χ1v) is 6.89. The molecule has 0 bridgehead atoms. The Morgan fingerprint density at radius 3 is 2.48 bits per heavy atom. The molecule has 0 aromatic heterocycles. The molecule has 2 N–H and O–H groups in total. The Bertz CT molecular complexity index is 680. The molecule has 23 heavy (non-hydrogen) atoms. The van der Waals surface area contributed by atoms with Gasteiger partial charge in [0, 0.05) is 18.2 Å². The van der Waals surface area contributed by atoms with Crippen LogP contribution in [-0.2, 0) is 6.54 Å². The summed E-state index contributed by atoms with van der Waals surface area (Å²) < 4.78 is 44.2. The second-order valence-electron chi connectivity index (χ2n) is 4.63. The summed E-state index contributed by atoms with van der Waals surface area (Å²) in [5.41, 5.74) is 0.376. The molecule has 2 aromatic rings. The number of nitrogens with one attached hydrogen (secondary N) is 2. The Labute approximate surface area is 131 Å². The molecular weight excluding hydrogens is 309 g/mol. The maximum atomic E-state index is 13.3. The Balaban J connectivity index is 1.67. The third-order valence-electron chi connectivity index (χ3n) is 2.94. The molecule has 0 spiro atoms. The first-order chi connectivity index (χ1) is 11.1. The molecule has 7 heteroatoms. The van der Waals surface area contributed by atoms with E-state index >= 15 is 0 Å². The van der Waals surface area contributed by atoms with E-state index in [4.69, 9.17) is 4.74 Å². The molecule has 122 valence electrons. The molecule has 0 aliphatic rings. The topological polar surface area (TPSA) is 50.4 Å². The summed E-state index contributed by atoms with van der Waals surface area (Å²) in [5.74, 6) is -2.19. The third kappa shape index (κ3) is 5.21. The van der Waals surface area contributed by atoms with Gasteiger partial charge in [-0.15, -0.1) is 0 Å². The molecular formula is C16H15F3N2O2. The number of rotatable bonds is 6. The van der Waals surface area contributed by atoms with Crippen molar-refractivity contribution in [1.29, 1.82) is 0 Å². The minimum absolute atomic E-state index is 0.0581. The van der Waals surface area contributed by atoms with Crippen LogP contribution in [0.25, 0.3) is 0 Å². The number of benzene rings is 2. The molecule has 0 fully saturated rings. The Kier molecular flexibility index (Phi) is 5.85. The van der Waals surface area contributed by atoms with Gasteiger partial charge in [0.25, 0.3) is 0 Å². The Morgan fingerprint density at radius 2 is 1.74 bits per heavy atom. The quantitative estimate of drug-likeness (QED) is 0.803. The van der Waals surface area contributed by atoms with Crippen LogP contribution >= 0.6 is 0 Å². The van der Waals surface area contributed by atoms with Crippen molar-refractivity contribution in [3.8, 4) is 5.75 Å². The highest BCUT2D eigenvalue weighted by Crippen LogP contribution is 2.14. The average Bonchev–Trinajstić information content (AvgIpc) is 2.54. The lowest BCUT2D eigenvalue weighted by Gasteiger charge is -2.09. The zero-order chi connectivity index (χ0) is 16.7. The first-order valence-electron chi connectivity index (χ1n) is 6.89. The number of carbonyl (C=O) groups excluding carboxylic acids is 1. The second-order valence-corrected chi connectivity index (χ2v) is 4.63. The molecule has 0 atom stereocenters. The number of urea groups is 1. The highest BCUT2D eigenvalue weighted by molar-refractivity contribution is 5.73. The van der Waals surface area contributed by atoms with E-state index in [0.717, 1.165) is 12.1 Å². The van der Waals surface area contributed by atoms with Crippen LogP contribution < -0.4 is 15.4 Å². The summed E-state index contributed by atoms with van der Waals surface area (Å²) >= 11 is 0. The summed E-state index contributed by atoms with van der Waals surface area (Å²) in [5, 5.41) is 5.00. The molecule has 0 saturated heterocycles. The molecule has 0 saturated carbocycles. The van der Waals surface area contributed by atoms with Crippen molar-refractivity contribution >= 4 is 6.03 Å². The van der Waals surface area contributed by atoms with Crippen molar-refractivity contribution in [3.05, 3.63) is 65.5 Å². The summed E-state index contributed by atoms with van der Waals surface area (Å²) in [7, 11) is 0. The fraction of sp³-hybridized carbons (Fsp3) is 0.188. The molecule has 2 aromatic carbocycles. The molecule has 0 unspecified atom stereocenters. The van der Waals surface area contributed by atoms with E-state index in [1.165, 1.54) is 12.1 Å². The number of amides is 2. The SMILES string of the molecule is O=C(NCCOc1ccc(F)c(F)c1)NCc1ccccc1F. The summed E-state index contributed by atoms with van der Waals surface area (Å²) in [4.78, 5) is 11.5. The highest BCUT2D eigenvalue weighted by Gasteiger charge is 2.05. The van der Waals surface area contributed by atoms with Crippen molar-refractivity contribution in [1.82, 2.24) is 10.6 Å². The van der Waals surface area contributed by atoms with Crippen LogP contribution in [0, 0.1) is 17.5 Å². The van der Waals surface area contributed by atoms with E-state index in [1.807, 2.05) is 0 Å². The summed E-state index contributed by atoms with van der Waals surface area (Å²) in [6.45, 7) is 0.294. The van der Waals surface area contributed by atoms with E-state index < -0.39 is 23.5 Å². The lowest BCUT2D eigenvalue weighted by Crippen LogP contribution is -2.37. The largest absolute Gasteiger partial charge is 0.492 e. The number of ether oxygens (including phenoxy) is 1. The predicted molar refractivity (Wildman–Crippen MR) is 78.5 cm³/mol. The lowest BCUT2D eigenvalue weighted by molar-refractivity contribution is 0.236. The highest BCUT2D eigenvalue weighted by atomic mass is 19.2. The predicted octanol–water partition coefficient (Wildman–Crippen LogP) is 2.98. The van der Waals surface area contributed by atoms with E-state index in [-0.39, 0.29) is 25.4 Å². The van der Waals surface area contributed by atoms with Crippen LogP contribution in [0.3, 0.4) is 0 Å². The number of carbonyl (C=O) groups is 1. The van der Waals surface area contributed by atoms with Crippen LogP contribution in [0.4, 0.5) is 18.0 Å². The normalized spacial score (nSPS) is 10.2. The van der Waals surface area contributed by atoms with Crippen molar-refractivity contribution in [2.75, 3.05) is 13.2 Å². The van der Waals surface area contributed by atoms with Crippen LogP contribution in [0.5, 0.6) is 5.75 Å². The van der Waals surface area contributed by atoms with E-state index in [2.05, 4.69) is 10.6 Å². The standard InChI is InChI=1S/C16H15F3N2O2/c17-13-4-2-1-3-11(13)10-21-16(22)20-7-8-23-12-5-6-14(18)15(19)9-12/h1-6,9H,7-8,10H2,(H2,20,21,22). The number of hydrogen-bond donors (Lipinski definition) is 2. The van der Waals surface area contributed by atoms with Gasteiger partial charge in [0.05, 0.1) is 6.54 Å². The average molecular weight is 324 g/mol. The maximum Gasteiger partial charge on any atom is 0.315 e.